The molecule has 6 heteroatoms. The maximum absolute atomic E-state index is 4.46. The number of hydrogen-bond acceptors (Lipinski definition) is 5. The van der Waals surface area contributed by atoms with E-state index in [0.29, 0.717) is 6.54 Å². The van der Waals surface area contributed by atoms with Crippen molar-refractivity contribution in [2.24, 2.45) is 7.05 Å². The van der Waals surface area contributed by atoms with Gasteiger partial charge in [0.25, 0.3) is 0 Å². The van der Waals surface area contributed by atoms with Crippen molar-refractivity contribution in [3.63, 3.8) is 0 Å². The van der Waals surface area contributed by atoms with Crippen molar-refractivity contribution >= 4 is 11.3 Å². The quantitative estimate of drug-likeness (QED) is 0.780. The molecule has 3 heterocycles. The Bertz CT molecular complexity index is 647. The van der Waals surface area contributed by atoms with Crippen LogP contribution in [0.3, 0.4) is 0 Å². The van der Waals surface area contributed by atoms with Gasteiger partial charge in [0, 0.05) is 37.1 Å². The summed E-state index contributed by atoms with van der Waals surface area (Å²) in [7, 11) is 2.01. The normalized spacial score (nSPS) is 12.4. The molecule has 0 saturated carbocycles. The van der Waals surface area contributed by atoms with E-state index < -0.39 is 0 Å². The van der Waals surface area contributed by atoms with Gasteiger partial charge in [0.15, 0.2) is 0 Å². The van der Waals surface area contributed by atoms with Gasteiger partial charge in [-0.3, -0.25) is 5.32 Å². The molecule has 0 aliphatic carbocycles. The van der Waals surface area contributed by atoms with Crippen molar-refractivity contribution < 1.29 is 0 Å². The summed E-state index contributed by atoms with van der Waals surface area (Å²) in [5.74, 6) is 1.00. The predicted molar refractivity (Wildman–Crippen MR) is 78.2 cm³/mol. The molecule has 0 aliphatic heterocycles. The topological polar surface area (TPSA) is 55.6 Å². The number of imidazole rings is 1. The third kappa shape index (κ3) is 2.76. The highest BCUT2D eigenvalue weighted by molar-refractivity contribution is 7.10. The van der Waals surface area contributed by atoms with E-state index in [-0.39, 0.29) is 6.04 Å². The number of aryl methyl sites for hydroxylation is 1. The van der Waals surface area contributed by atoms with Crippen LogP contribution in [0.15, 0.2) is 48.5 Å². The highest BCUT2D eigenvalue weighted by atomic mass is 32.1. The van der Waals surface area contributed by atoms with Crippen LogP contribution >= 0.6 is 11.3 Å². The van der Waals surface area contributed by atoms with Crippen LogP contribution in [0.2, 0.25) is 0 Å². The Labute approximate surface area is 121 Å². The third-order valence-corrected chi connectivity index (χ3v) is 4.01. The molecular formula is C14H15N5S. The van der Waals surface area contributed by atoms with E-state index in [9.17, 15) is 0 Å². The van der Waals surface area contributed by atoms with E-state index in [4.69, 9.17) is 0 Å². The Morgan fingerprint density at radius 2 is 2.25 bits per heavy atom. The molecule has 0 spiro atoms. The lowest BCUT2D eigenvalue weighted by molar-refractivity contribution is 0.559. The second kappa shape index (κ2) is 5.94. The Morgan fingerprint density at radius 3 is 2.90 bits per heavy atom. The fourth-order valence-electron chi connectivity index (χ4n) is 2.06. The predicted octanol–water partition coefficient (Wildman–Crippen LogP) is 2.15. The summed E-state index contributed by atoms with van der Waals surface area (Å²) >= 11 is 1.72. The summed E-state index contributed by atoms with van der Waals surface area (Å²) in [4.78, 5) is 13.9. The average molecular weight is 285 g/mol. The molecule has 0 saturated heterocycles. The first-order chi connectivity index (χ1) is 9.84. The van der Waals surface area contributed by atoms with Crippen LogP contribution in [0.25, 0.3) is 0 Å². The van der Waals surface area contributed by atoms with Gasteiger partial charge >= 0.3 is 0 Å². The highest BCUT2D eigenvalue weighted by Crippen LogP contribution is 2.24. The van der Waals surface area contributed by atoms with Crippen LogP contribution in [-0.2, 0) is 13.6 Å². The number of nitrogens with zero attached hydrogens (tertiary/aromatic N) is 4. The zero-order chi connectivity index (χ0) is 13.8. The minimum atomic E-state index is 0.0740. The van der Waals surface area contributed by atoms with Crippen molar-refractivity contribution in [2.75, 3.05) is 0 Å². The van der Waals surface area contributed by atoms with Crippen LogP contribution in [0, 0.1) is 0 Å². The SMILES string of the molecule is Cn1ccnc1C(NCc1ccncn1)c1cccs1. The number of hydrogen-bond donors (Lipinski definition) is 1. The van der Waals surface area contributed by atoms with Gasteiger partial charge in [-0.2, -0.15) is 0 Å². The lowest BCUT2D eigenvalue weighted by Crippen LogP contribution is -2.24. The molecule has 0 fully saturated rings. The maximum Gasteiger partial charge on any atom is 0.131 e. The van der Waals surface area contributed by atoms with Gasteiger partial charge in [0.1, 0.15) is 18.2 Å². The minimum absolute atomic E-state index is 0.0740. The summed E-state index contributed by atoms with van der Waals surface area (Å²) in [6, 6.07) is 6.17. The first-order valence-corrected chi connectivity index (χ1v) is 7.21. The van der Waals surface area contributed by atoms with Crippen molar-refractivity contribution in [1.82, 2.24) is 24.8 Å². The molecule has 3 rings (SSSR count). The third-order valence-electron chi connectivity index (χ3n) is 3.07. The van der Waals surface area contributed by atoms with Crippen LogP contribution in [0.5, 0.6) is 0 Å². The zero-order valence-electron chi connectivity index (χ0n) is 11.1. The van der Waals surface area contributed by atoms with Crippen molar-refractivity contribution in [1.29, 1.82) is 0 Å². The number of aromatic nitrogens is 4. The van der Waals surface area contributed by atoms with E-state index in [1.54, 1.807) is 23.9 Å². The molecule has 3 aromatic heterocycles. The monoisotopic (exact) mass is 285 g/mol. The average Bonchev–Trinajstić information content (AvgIpc) is 3.13. The molecule has 0 amide bonds. The van der Waals surface area contributed by atoms with Crippen LogP contribution in [0.1, 0.15) is 22.4 Å². The first kappa shape index (κ1) is 13.0. The second-order valence-corrected chi connectivity index (χ2v) is 5.41. The smallest absolute Gasteiger partial charge is 0.131 e. The molecule has 0 radical (unpaired) electrons. The largest absolute Gasteiger partial charge is 0.336 e. The molecule has 0 aromatic carbocycles. The first-order valence-electron chi connectivity index (χ1n) is 6.33. The number of thiophene rings is 1. The number of rotatable bonds is 5. The Morgan fingerprint density at radius 1 is 1.30 bits per heavy atom. The highest BCUT2D eigenvalue weighted by Gasteiger charge is 2.18. The molecule has 1 N–H and O–H groups in total. The fourth-order valence-corrected chi connectivity index (χ4v) is 2.86. The van der Waals surface area contributed by atoms with E-state index >= 15 is 0 Å². The molecule has 1 unspecified atom stereocenters. The van der Waals surface area contributed by atoms with Crippen LogP contribution < -0.4 is 5.32 Å². The van der Waals surface area contributed by atoms with E-state index in [1.807, 2.05) is 30.1 Å². The zero-order valence-corrected chi connectivity index (χ0v) is 11.9. The van der Waals surface area contributed by atoms with Gasteiger partial charge in [0.05, 0.1) is 5.69 Å². The molecule has 102 valence electrons. The lowest BCUT2D eigenvalue weighted by Gasteiger charge is -2.17. The van der Waals surface area contributed by atoms with Crippen molar-refractivity contribution in [3.8, 4) is 0 Å². The molecular weight excluding hydrogens is 270 g/mol. The molecule has 1 atom stereocenters. The fraction of sp³-hybridized carbons (Fsp3) is 0.214. The molecule has 0 bridgehead atoms. The molecule has 0 aliphatic rings. The summed E-state index contributed by atoms with van der Waals surface area (Å²) in [5, 5.41) is 5.60. The summed E-state index contributed by atoms with van der Waals surface area (Å²) in [6.07, 6.45) is 7.10. The Balaban J connectivity index is 1.82. The van der Waals surface area contributed by atoms with E-state index in [0.717, 1.165) is 11.5 Å². The van der Waals surface area contributed by atoms with Gasteiger partial charge < -0.3 is 4.57 Å². The molecule has 5 nitrogen and oxygen atoms in total. The van der Waals surface area contributed by atoms with Gasteiger partial charge in [-0.05, 0) is 17.5 Å². The van der Waals surface area contributed by atoms with Crippen LogP contribution in [0.4, 0.5) is 0 Å². The Hall–Kier alpha value is -2.05. The second-order valence-electron chi connectivity index (χ2n) is 4.43. The molecule has 20 heavy (non-hydrogen) atoms. The number of nitrogens with one attached hydrogen (secondary N) is 1. The van der Waals surface area contributed by atoms with Crippen LogP contribution in [-0.4, -0.2) is 19.5 Å². The van der Waals surface area contributed by atoms with Gasteiger partial charge in [-0.1, -0.05) is 6.07 Å². The van der Waals surface area contributed by atoms with E-state index in [1.165, 1.54) is 4.88 Å². The van der Waals surface area contributed by atoms with Crippen molar-refractivity contribution in [3.05, 3.63) is 64.9 Å². The minimum Gasteiger partial charge on any atom is -0.336 e. The molecule has 3 aromatic rings. The maximum atomic E-state index is 4.46. The standard InChI is InChI=1S/C14H15N5S/c1-19-7-6-16-14(19)13(12-3-2-8-20-12)17-9-11-4-5-15-10-18-11/h2-8,10,13,17H,9H2,1H3. The van der Waals surface area contributed by atoms with Gasteiger partial charge in [0.2, 0.25) is 0 Å². The summed E-state index contributed by atoms with van der Waals surface area (Å²) in [5.41, 5.74) is 0.968. The van der Waals surface area contributed by atoms with Gasteiger partial charge in [-0.25, -0.2) is 15.0 Å². The van der Waals surface area contributed by atoms with Crippen molar-refractivity contribution in [2.45, 2.75) is 12.6 Å². The van der Waals surface area contributed by atoms with Gasteiger partial charge in [-0.15, -0.1) is 11.3 Å². The summed E-state index contributed by atoms with van der Waals surface area (Å²) in [6.45, 7) is 0.679. The Kier molecular flexibility index (Phi) is 3.85. The lowest BCUT2D eigenvalue weighted by atomic mass is 10.2. The summed E-state index contributed by atoms with van der Waals surface area (Å²) < 4.78 is 2.04. The van der Waals surface area contributed by atoms with E-state index in [2.05, 4.69) is 37.8 Å².